The third-order valence-corrected chi connectivity index (χ3v) is 9.62. The number of anilines is 1. The van der Waals surface area contributed by atoms with Crippen molar-refractivity contribution in [3.8, 4) is 0 Å². The average Bonchev–Trinajstić information content (AvgIpc) is 3.15. The number of nitrogens with zero attached hydrogens (tertiary/aromatic N) is 2. The van der Waals surface area contributed by atoms with Crippen LogP contribution >= 0.6 is 46.0 Å². The van der Waals surface area contributed by atoms with Crippen LogP contribution in [0.1, 0.15) is 35.1 Å². The highest BCUT2D eigenvalue weighted by Gasteiger charge is 2.50. The van der Waals surface area contributed by atoms with E-state index >= 15 is 0 Å². The highest BCUT2D eigenvalue weighted by atomic mass is 127. The summed E-state index contributed by atoms with van der Waals surface area (Å²) < 4.78 is 1.13. The minimum Gasteiger partial charge on any atom is -0.377 e. The molecule has 0 aromatic heterocycles. The van der Waals surface area contributed by atoms with Crippen LogP contribution in [0.5, 0.6) is 0 Å². The standard InChI is InChI=1S/C25H21ClIN3O4S/c1-13-10-15(27)11-17-22-18(25(28-24(13)17)14-6-8-16(9-7-14)29(31)32)12-21(23(22)26)35-20-5-3-2-4-19(20)30(33)34/h2-11,18,21-23,25,28H,12H2,1H3/t18-,21-,22-,23-,25+/m1/s1. The van der Waals surface area contributed by atoms with Gasteiger partial charge in [0.15, 0.2) is 0 Å². The van der Waals surface area contributed by atoms with Crippen LogP contribution in [-0.4, -0.2) is 20.5 Å². The van der Waals surface area contributed by atoms with E-state index in [1.165, 1.54) is 35.5 Å². The number of halogens is 2. The second-order valence-electron chi connectivity index (χ2n) is 8.91. The molecule has 0 saturated heterocycles. The molecule has 0 spiro atoms. The molecule has 0 amide bonds. The summed E-state index contributed by atoms with van der Waals surface area (Å²) in [6.07, 6.45) is 0.758. The Bertz CT molecular complexity index is 1320. The maximum absolute atomic E-state index is 11.6. The van der Waals surface area contributed by atoms with Crippen molar-refractivity contribution < 1.29 is 9.85 Å². The van der Waals surface area contributed by atoms with Crippen molar-refractivity contribution in [2.75, 3.05) is 5.32 Å². The van der Waals surface area contributed by atoms with E-state index in [1.54, 1.807) is 12.1 Å². The number of nitrogens with one attached hydrogen (secondary N) is 1. The molecule has 1 saturated carbocycles. The molecule has 7 nitrogen and oxygen atoms in total. The molecule has 0 radical (unpaired) electrons. The largest absolute Gasteiger partial charge is 0.377 e. The normalized spacial score (nSPS) is 24.8. The Kier molecular flexibility index (Phi) is 6.67. The number of fused-ring (bicyclic) bond motifs is 3. The number of benzene rings is 3. The number of rotatable bonds is 5. The summed E-state index contributed by atoms with van der Waals surface area (Å²) >= 11 is 11.0. The minimum absolute atomic E-state index is 0.0285. The molecular formula is C25H21ClIN3O4S. The molecule has 1 aliphatic carbocycles. The molecule has 0 unspecified atom stereocenters. The number of thioether (sulfide) groups is 1. The van der Waals surface area contributed by atoms with E-state index in [4.69, 9.17) is 11.6 Å². The lowest BCUT2D eigenvalue weighted by Gasteiger charge is -2.39. The van der Waals surface area contributed by atoms with E-state index in [0.717, 1.165) is 26.8 Å². The minimum atomic E-state index is -0.397. The van der Waals surface area contributed by atoms with Crippen molar-refractivity contribution in [2.45, 2.75) is 40.8 Å². The van der Waals surface area contributed by atoms with Gasteiger partial charge in [-0.15, -0.1) is 23.4 Å². The summed E-state index contributed by atoms with van der Waals surface area (Å²) in [4.78, 5) is 22.6. The van der Waals surface area contributed by atoms with Crippen LogP contribution in [-0.2, 0) is 0 Å². The Labute approximate surface area is 225 Å². The molecule has 5 rings (SSSR count). The van der Waals surface area contributed by atoms with Crippen molar-refractivity contribution in [3.63, 3.8) is 0 Å². The molecular weight excluding hydrogens is 601 g/mol. The molecule has 1 aliphatic heterocycles. The topological polar surface area (TPSA) is 98.3 Å². The molecule has 2 aliphatic rings. The van der Waals surface area contributed by atoms with Gasteiger partial charge in [-0.1, -0.05) is 24.3 Å². The predicted octanol–water partition coefficient (Wildman–Crippen LogP) is 7.45. The van der Waals surface area contributed by atoms with Crippen molar-refractivity contribution >= 4 is 63.0 Å². The van der Waals surface area contributed by atoms with Crippen LogP contribution in [0.2, 0.25) is 0 Å². The zero-order chi connectivity index (χ0) is 24.9. The van der Waals surface area contributed by atoms with Crippen LogP contribution in [0.3, 0.4) is 0 Å². The highest BCUT2D eigenvalue weighted by molar-refractivity contribution is 14.1. The third kappa shape index (κ3) is 4.49. The summed E-state index contributed by atoms with van der Waals surface area (Å²) in [6, 6.07) is 17.7. The van der Waals surface area contributed by atoms with Gasteiger partial charge in [-0.2, -0.15) is 0 Å². The number of nitro groups is 2. The van der Waals surface area contributed by atoms with Gasteiger partial charge in [0.2, 0.25) is 0 Å². The summed E-state index contributed by atoms with van der Waals surface area (Å²) in [5.74, 6) is 0.172. The van der Waals surface area contributed by atoms with Gasteiger partial charge in [-0.25, -0.2) is 0 Å². The molecule has 5 atom stereocenters. The van der Waals surface area contributed by atoms with E-state index in [0.29, 0.717) is 4.90 Å². The quantitative estimate of drug-likeness (QED) is 0.138. The van der Waals surface area contributed by atoms with Crippen molar-refractivity contribution in [1.29, 1.82) is 0 Å². The fourth-order valence-electron chi connectivity index (χ4n) is 5.37. The zero-order valence-electron chi connectivity index (χ0n) is 18.6. The molecule has 1 fully saturated rings. The van der Waals surface area contributed by atoms with Crippen LogP contribution in [0.15, 0.2) is 65.6 Å². The number of para-hydroxylation sites is 1. The van der Waals surface area contributed by atoms with Crippen LogP contribution in [0.4, 0.5) is 17.1 Å². The van der Waals surface area contributed by atoms with E-state index in [1.807, 2.05) is 18.2 Å². The molecule has 1 heterocycles. The number of nitro benzene ring substituents is 2. The van der Waals surface area contributed by atoms with Gasteiger partial charge in [0.05, 0.1) is 26.2 Å². The molecule has 35 heavy (non-hydrogen) atoms. The Balaban J connectivity index is 1.55. The Morgan fingerprint density at radius 2 is 1.77 bits per heavy atom. The highest BCUT2D eigenvalue weighted by Crippen LogP contribution is 2.58. The molecule has 0 bridgehead atoms. The first-order valence-corrected chi connectivity index (χ1v) is 13.5. The van der Waals surface area contributed by atoms with Gasteiger partial charge < -0.3 is 5.32 Å². The van der Waals surface area contributed by atoms with E-state index < -0.39 is 4.92 Å². The van der Waals surface area contributed by atoms with Crippen molar-refractivity contribution in [2.24, 2.45) is 5.92 Å². The molecule has 180 valence electrons. The van der Waals surface area contributed by atoms with Gasteiger partial charge in [-0.3, -0.25) is 20.2 Å². The van der Waals surface area contributed by atoms with Gasteiger partial charge in [0, 0.05) is 38.6 Å². The zero-order valence-corrected chi connectivity index (χ0v) is 22.3. The fraction of sp³-hybridized carbons (Fsp3) is 0.280. The van der Waals surface area contributed by atoms with Gasteiger partial charge in [-0.05, 0) is 76.7 Å². The Morgan fingerprint density at radius 3 is 2.46 bits per heavy atom. The first-order chi connectivity index (χ1) is 16.7. The Hall–Kier alpha value is -2.37. The third-order valence-electron chi connectivity index (χ3n) is 6.89. The Morgan fingerprint density at radius 1 is 1.06 bits per heavy atom. The number of hydrogen-bond acceptors (Lipinski definition) is 6. The van der Waals surface area contributed by atoms with Gasteiger partial charge >= 0.3 is 0 Å². The second-order valence-corrected chi connectivity index (χ2v) is 11.9. The predicted molar refractivity (Wildman–Crippen MR) is 147 cm³/mol. The number of non-ortho nitro benzene ring substituents is 1. The summed E-state index contributed by atoms with van der Waals surface area (Å²) in [6.45, 7) is 2.07. The summed E-state index contributed by atoms with van der Waals surface area (Å²) in [5, 5.41) is 26.2. The lowest BCUT2D eigenvalue weighted by atomic mass is 9.76. The number of alkyl halides is 1. The first-order valence-electron chi connectivity index (χ1n) is 11.1. The van der Waals surface area contributed by atoms with E-state index in [-0.39, 0.29) is 44.8 Å². The maximum Gasteiger partial charge on any atom is 0.282 e. The van der Waals surface area contributed by atoms with Crippen molar-refractivity contribution in [3.05, 3.63) is 101 Å². The molecule has 3 aromatic rings. The molecule has 3 aromatic carbocycles. The second kappa shape index (κ2) is 9.59. The van der Waals surface area contributed by atoms with Crippen LogP contribution < -0.4 is 5.32 Å². The number of hydrogen-bond donors (Lipinski definition) is 1. The van der Waals surface area contributed by atoms with E-state index in [2.05, 4.69) is 47.0 Å². The van der Waals surface area contributed by atoms with Crippen LogP contribution in [0.25, 0.3) is 0 Å². The maximum atomic E-state index is 11.6. The SMILES string of the molecule is Cc1cc(I)cc2c1N[C@@H](c1ccc([N+](=O)[O-])cc1)[C@@H]1C[C@@H](Sc3ccccc3[N+](=O)[O-])[C@@H](Cl)[C@H]21. The van der Waals surface area contributed by atoms with E-state index in [9.17, 15) is 20.2 Å². The number of aryl methyl sites for hydroxylation is 1. The van der Waals surface area contributed by atoms with Crippen LogP contribution in [0, 0.1) is 36.6 Å². The monoisotopic (exact) mass is 621 g/mol. The lowest BCUT2D eigenvalue weighted by Crippen LogP contribution is -2.31. The first kappa shape index (κ1) is 24.3. The molecule has 10 heteroatoms. The molecule has 1 N–H and O–H groups in total. The lowest BCUT2D eigenvalue weighted by molar-refractivity contribution is -0.387. The van der Waals surface area contributed by atoms with Gasteiger partial charge in [0.1, 0.15) is 0 Å². The smallest absolute Gasteiger partial charge is 0.282 e. The van der Waals surface area contributed by atoms with Gasteiger partial charge in [0.25, 0.3) is 11.4 Å². The summed E-state index contributed by atoms with van der Waals surface area (Å²) in [7, 11) is 0. The fourth-order valence-corrected chi connectivity index (χ4v) is 8.11. The average molecular weight is 622 g/mol. The summed E-state index contributed by atoms with van der Waals surface area (Å²) in [5.41, 5.74) is 4.45. The van der Waals surface area contributed by atoms with Crippen molar-refractivity contribution in [1.82, 2.24) is 0 Å².